The van der Waals surface area contributed by atoms with E-state index in [1.807, 2.05) is 30.3 Å². The second kappa shape index (κ2) is 14.8. The molecule has 1 aliphatic heterocycles. The van der Waals surface area contributed by atoms with Crippen molar-refractivity contribution in [3.63, 3.8) is 0 Å². The molecule has 0 spiro atoms. The molecule has 1 aliphatic rings. The molecule has 1 atom stereocenters. The molecule has 0 N–H and O–H groups in total. The fraction of sp³-hybridized carbons (Fsp3) is 0.344. The summed E-state index contributed by atoms with van der Waals surface area (Å²) < 4.78 is 48.7. The predicted molar refractivity (Wildman–Crippen MR) is 159 cm³/mol. The second-order valence-corrected chi connectivity index (χ2v) is 12.1. The summed E-state index contributed by atoms with van der Waals surface area (Å²) in [5, 5.41) is 0. The Morgan fingerprint density at radius 3 is 2.00 bits per heavy atom. The van der Waals surface area contributed by atoms with Crippen molar-refractivity contribution in [2.45, 2.75) is 58.3 Å². The van der Waals surface area contributed by atoms with E-state index in [0.29, 0.717) is 19.6 Å². The van der Waals surface area contributed by atoms with Crippen LogP contribution >= 0.6 is 7.82 Å². The first-order valence-corrected chi connectivity index (χ1v) is 15.4. The Balaban J connectivity index is 1.47. The summed E-state index contributed by atoms with van der Waals surface area (Å²) in [5.74, 6) is 0.408. The van der Waals surface area contributed by atoms with Gasteiger partial charge in [0, 0.05) is 6.61 Å². The van der Waals surface area contributed by atoms with Gasteiger partial charge in [-0.3, -0.25) is 0 Å². The van der Waals surface area contributed by atoms with Gasteiger partial charge in [-0.05, 0) is 69.9 Å². The van der Waals surface area contributed by atoms with Crippen molar-refractivity contribution >= 4 is 13.9 Å². The summed E-state index contributed by atoms with van der Waals surface area (Å²) in [6.07, 6.45) is 2.66. The molecule has 1 heterocycles. The van der Waals surface area contributed by atoms with Crippen molar-refractivity contribution in [1.29, 1.82) is 0 Å². The minimum absolute atomic E-state index is 0.129. The van der Waals surface area contributed by atoms with Crippen LogP contribution in [0.15, 0.2) is 103 Å². The van der Waals surface area contributed by atoms with Crippen molar-refractivity contribution in [3.05, 3.63) is 109 Å². The van der Waals surface area contributed by atoms with Crippen molar-refractivity contribution in [3.8, 4) is 11.5 Å². The number of carbonyl (C=O) groups is 1. The average molecular weight is 596 g/mol. The Labute approximate surface area is 247 Å². The summed E-state index contributed by atoms with van der Waals surface area (Å²) in [6.45, 7) is 6.64. The number of ether oxygens (including phenoxy) is 3. The number of nitrogens with zero attached hydrogens (tertiary/aromatic N) is 1. The van der Waals surface area contributed by atoms with Crippen molar-refractivity contribution in [2.75, 3.05) is 13.2 Å². The van der Waals surface area contributed by atoms with E-state index in [2.05, 4.69) is 0 Å². The highest BCUT2D eigenvalue weighted by molar-refractivity contribution is 7.49. The molecule has 224 valence electrons. The topological polar surface area (TPSA) is 92.8 Å². The smallest absolute Gasteiger partial charge is 0.493 e. The quantitative estimate of drug-likeness (QED) is 0.145. The van der Waals surface area contributed by atoms with Gasteiger partial charge in [-0.2, -0.15) is 4.57 Å². The Morgan fingerprint density at radius 1 is 0.857 bits per heavy atom. The maximum atomic E-state index is 14.1. The highest BCUT2D eigenvalue weighted by atomic mass is 31.2. The van der Waals surface area contributed by atoms with Gasteiger partial charge in [0.25, 0.3) is 0 Å². The number of phosphoric ester groups is 1. The molecule has 0 unspecified atom stereocenters. The van der Waals surface area contributed by atoms with E-state index >= 15 is 0 Å². The molecule has 4 rings (SSSR count). The molecule has 0 bridgehead atoms. The molecule has 10 heteroatoms. The molecule has 9 nitrogen and oxygen atoms in total. The van der Waals surface area contributed by atoms with Gasteiger partial charge in [-0.15, -0.1) is 0 Å². The minimum atomic E-state index is -4.37. The summed E-state index contributed by atoms with van der Waals surface area (Å²) in [7, 11) is -4.37. The van der Waals surface area contributed by atoms with E-state index < -0.39 is 25.6 Å². The molecule has 0 fully saturated rings. The van der Waals surface area contributed by atoms with E-state index in [-0.39, 0.29) is 24.0 Å². The lowest BCUT2D eigenvalue weighted by atomic mass is 10.1. The minimum Gasteiger partial charge on any atom is -0.493 e. The normalized spacial score (nSPS) is 15.3. The molecular formula is C32H38NO8P. The van der Waals surface area contributed by atoms with Crippen LogP contribution in [-0.2, 0) is 29.9 Å². The Kier molecular flexibility index (Phi) is 10.9. The van der Waals surface area contributed by atoms with Crippen LogP contribution in [0.3, 0.4) is 0 Å². The summed E-state index contributed by atoms with van der Waals surface area (Å²) in [4.78, 5) is 14.8. The lowest BCUT2D eigenvalue weighted by Crippen LogP contribution is -2.47. The highest BCUT2D eigenvalue weighted by Gasteiger charge is 2.42. The number of phosphoric acid groups is 1. The number of carbonyl (C=O) groups excluding carboxylic acids is 1. The second-order valence-electron chi connectivity index (χ2n) is 10.7. The zero-order valence-electron chi connectivity index (χ0n) is 24.2. The number of para-hydroxylation sites is 2. The van der Waals surface area contributed by atoms with Crippen LogP contribution < -0.4 is 9.05 Å². The maximum Gasteiger partial charge on any atom is 0.648 e. The third-order valence-corrected chi connectivity index (χ3v) is 7.26. The molecule has 0 aromatic heterocycles. The Morgan fingerprint density at radius 2 is 1.43 bits per heavy atom. The van der Waals surface area contributed by atoms with Gasteiger partial charge in [-0.1, -0.05) is 66.7 Å². The Hall–Kier alpha value is -3.94. The van der Waals surface area contributed by atoms with Crippen molar-refractivity contribution < 1.29 is 37.1 Å². The number of unbranched alkanes of at least 4 members (excludes halogenated alkanes) is 1. The van der Waals surface area contributed by atoms with Gasteiger partial charge in [-0.25, -0.2) is 9.69 Å². The SMILES string of the molecule is CC(C)(C)OC(=O)N1C(OP(=O)(Oc2ccccc2)Oc2ccccc2)=COC[C@H]1CCCCOCc1ccccc1. The van der Waals surface area contributed by atoms with E-state index in [9.17, 15) is 9.36 Å². The van der Waals surface area contributed by atoms with Gasteiger partial charge < -0.3 is 27.8 Å². The van der Waals surface area contributed by atoms with Crippen LogP contribution in [-0.4, -0.2) is 35.8 Å². The predicted octanol–water partition coefficient (Wildman–Crippen LogP) is 8.09. The first kappa shape index (κ1) is 31.0. The molecule has 42 heavy (non-hydrogen) atoms. The monoisotopic (exact) mass is 595 g/mol. The molecule has 0 radical (unpaired) electrons. The van der Waals surface area contributed by atoms with Crippen molar-refractivity contribution in [2.24, 2.45) is 0 Å². The molecule has 0 saturated carbocycles. The first-order chi connectivity index (χ1) is 20.2. The van der Waals surface area contributed by atoms with Crippen LogP contribution in [0.2, 0.25) is 0 Å². The van der Waals surface area contributed by atoms with Crippen LogP contribution in [0.5, 0.6) is 11.5 Å². The van der Waals surface area contributed by atoms with Crippen LogP contribution in [0.25, 0.3) is 0 Å². The molecule has 3 aromatic carbocycles. The van der Waals surface area contributed by atoms with E-state index in [4.69, 9.17) is 27.8 Å². The number of amides is 1. The third kappa shape index (κ3) is 9.86. The lowest BCUT2D eigenvalue weighted by Gasteiger charge is -2.36. The average Bonchev–Trinajstić information content (AvgIpc) is 2.95. The number of benzene rings is 3. The molecular weight excluding hydrogens is 557 g/mol. The number of hydrogen-bond donors (Lipinski definition) is 0. The number of hydrogen-bond acceptors (Lipinski definition) is 8. The highest BCUT2D eigenvalue weighted by Crippen LogP contribution is 2.52. The van der Waals surface area contributed by atoms with E-state index in [1.165, 1.54) is 11.2 Å². The fourth-order valence-corrected chi connectivity index (χ4v) is 5.34. The van der Waals surface area contributed by atoms with Gasteiger partial charge >= 0.3 is 13.9 Å². The third-order valence-electron chi connectivity index (χ3n) is 5.98. The van der Waals surface area contributed by atoms with Crippen LogP contribution in [0.4, 0.5) is 4.79 Å². The summed E-state index contributed by atoms with van der Waals surface area (Å²) >= 11 is 0. The molecule has 0 saturated heterocycles. The first-order valence-electron chi connectivity index (χ1n) is 14.0. The largest absolute Gasteiger partial charge is 0.648 e. The summed E-state index contributed by atoms with van der Waals surface area (Å²) in [5.41, 5.74) is 0.335. The van der Waals surface area contributed by atoms with Crippen LogP contribution in [0, 0.1) is 0 Å². The lowest BCUT2D eigenvalue weighted by molar-refractivity contribution is -0.00963. The van der Waals surface area contributed by atoms with Gasteiger partial charge in [0.05, 0.1) is 12.6 Å². The van der Waals surface area contributed by atoms with Gasteiger partial charge in [0.15, 0.2) is 0 Å². The van der Waals surface area contributed by atoms with E-state index in [0.717, 1.165) is 18.4 Å². The zero-order valence-corrected chi connectivity index (χ0v) is 25.1. The van der Waals surface area contributed by atoms with Gasteiger partial charge in [0.2, 0.25) is 5.88 Å². The summed E-state index contributed by atoms with van der Waals surface area (Å²) in [6, 6.07) is 26.6. The standard InChI is InChI=1S/C32H38NO8P/c1-32(2,3)38-31(34)33-27(17-13-14-22-36-23-26-15-7-4-8-16-26)24-37-25-30(33)41-42(35,39-28-18-9-5-10-19-28)40-29-20-11-6-12-21-29/h4-12,15-16,18-21,25,27H,13-14,17,22-24H2,1-3H3/t27-/m1/s1. The number of rotatable bonds is 13. The Bertz CT molecular complexity index is 1280. The molecule has 1 amide bonds. The van der Waals surface area contributed by atoms with Crippen molar-refractivity contribution in [1.82, 2.24) is 4.90 Å². The zero-order chi connectivity index (χ0) is 29.8. The molecule has 3 aromatic rings. The fourth-order valence-electron chi connectivity index (χ4n) is 4.11. The maximum absolute atomic E-state index is 14.1. The van der Waals surface area contributed by atoms with Gasteiger partial charge in [0.1, 0.15) is 30.0 Å². The van der Waals surface area contributed by atoms with Crippen LogP contribution in [0.1, 0.15) is 45.6 Å². The molecule has 0 aliphatic carbocycles. The van der Waals surface area contributed by atoms with E-state index in [1.54, 1.807) is 81.4 Å².